The van der Waals surface area contributed by atoms with Crippen molar-refractivity contribution < 1.29 is 45.5 Å². The van der Waals surface area contributed by atoms with Gasteiger partial charge >= 0.3 is 24.5 Å². The van der Waals surface area contributed by atoms with Crippen molar-refractivity contribution in [2.24, 2.45) is 0 Å². The van der Waals surface area contributed by atoms with Gasteiger partial charge in [0.15, 0.2) is 5.75 Å². The van der Waals surface area contributed by atoms with Crippen LogP contribution in [-0.4, -0.2) is 76.9 Å². The molecule has 3 heterocycles. The van der Waals surface area contributed by atoms with Crippen LogP contribution in [0, 0.1) is 0 Å². The van der Waals surface area contributed by atoms with Crippen molar-refractivity contribution in [3.05, 3.63) is 48.3 Å². The molecule has 42 heavy (non-hydrogen) atoms. The minimum atomic E-state index is -5.43. The van der Waals surface area contributed by atoms with Gasteiger partial charge < -0.3 is 19.4 Å². The molecule has 0 radical (unpaired) electrons. The molecule has 2 aromatic rings. The van der Waals surface area contributed by atoms with E-state index in [-0.39, 0.29) is 23.6 Å². The van der Waals surface area contributed by atoms with E-state index in [1.165, 1.54) is 31.1 Å². The molecule has 2 aliphatic heterocycles. The molecule has 2 saturated heterocycles. The SMILES string of the molecule is CC1(C)C(=O)N(c2ccc(OC(F)(F)F)c(N(CCCN3CCCC3)C(=O)C(F)(F)F)c2)C(=O)N1Cc1ccncc1. The first-order valence-electron chi connectivity index (χ1n) is 13.2. The van der Waals surface area contributed by atoms with Gasteiger partial charge in [-0.2, -0.15) is 13.2 Å². The number of hydrogen-bond donors (Lipinski definition) is 0. The molecule has 1 aromatic heterocycles. The fraction of sp³-hybridized carbons (Fsp3) is 0.481. The van der Waals surface area contributed by atoms with E-state index < -0.39 is 53.9 Å². The van der Waals surface area contributed by atoms with Gasteiger partial charge in [-0.25, -0.2) is 9.69 Å². The van der Waals surface area contributed by atoms with Crippen LogP contribution in [0.2, 0.25) is 0 Å². The normalized spacial score (nSPS) is 17.7. The summed E-state index contributed by atoms with van der Waals surface area (Å²) in [6, 6.07) is 4.81. The molecule has 4 rings (SSSR count). The summed E-state index contributed by atoms with van der Waals surface area (Å²) in [5.41, 5.74) is -1.98. The fourth-order valence-corrected chi connectivity index (χ4v) is 5.01. The lowest BCUT2D eigenvalue weighted by Gasteiger charge is -2.28. The number of carbonyl (C=O) groups is 3. The first-order valence-corrected chi connectivity index (χ1v) is 13.2. The van der Waals surface area contributed by atoms with Crippen LogP contribution < -0.4 is 14.5 Å². The fourth-order valence-electron chi connectivity index (χ4n) is 5.01. The number of urea groups is 1. The summed E-state index contributed by atoms with van der Waals surface area (Å²) >= 11 is 0. The van der Waals surface area contributed by atoms with Crippen molar-refractivity contribution in [1.82, 2.24) is 14.8 Å². The van der Waals surface area contributed by atoms with Crippen LogP contribution in [0.15, 0.2) is 42.7 Å². The van der Waals surface area contributed by atoms with Crippen molar-refractivity contribution in [3.63, 3.8) is 0 Å². The smallest absolute Gasteiger partial charge is 0.404 e. The monoisotopic (exact) mass is 601 g/mol. The van der Waals surface area contributed by atoms with E-state index in [1.807, 2.05) is 4.90 Å². The molecule has 1 aromatic carbocycles. The molecule has 2 aliphatic rings. The summed E-state index contributed by atoms with van der Waals surface area (Å²) in [6.07, 6.45) is -5.92. The van der Waals surface area contributed by atoms with Crippen molar-refractivity contribution in [2.45, 2.75) is 57.7 Å². The quantitative estimate of drug-likeness (QED) is 0.294. The molecule has 0 bridgehead atoms. The van der Waals surface area contributed by atoms with Crippen molar-refractivity contribution in [2.75, 3.05) is 36.0 Å². The second-order valence-corrected chi connectivity index (χ2v) is 10.5. The van der Waals surface area contributed by atoms with Gasteiger partial charge in [0, 0.05) is 25.5 Å². The van der Waals surface area contributed by atoms with E-state index in [4.69, 9.17) is 0 Å². The highest BCUT2D eigenvalue weighted by Crippen LogP contribution is 2.41. The number of rotatable bonds is 9. The van der Waals surface area contributed by atoms with Crippen molar-refractivity contribution in [3.8, 4) is 5.75 Å². The Kier molecular flexibility index (Phi) is 8.71. The lowest BCUT2D eigenvalue weighted by Crippen LogP contribution is -2.43. The highest BCUT2D eigenvalue weighted by molar-refractivity contribution is 6.23. The van der Waals surface area contributed by atoms with E-state index in [0.29, 0.717) is 23.1 Å². The number of alkyl halides is 6. The average molecular weight is 602 g/mol. The first kappa shape index (κ1) is 31.1. The number of hydrogen-bond acceptors (Lipinski definition) is 6. The first-order chi connectivity index (χ1) is 19.6. The Morgan fingerprint density at radius 3 is 2.26 bits per heavy atom. The molecule has 0 unspecified atom stereocenters. The van der Waals surface area contributed by atoms with E-state index in [1.54, 1.807) is 12.1 Å². The Morgan fingerprint density at radius 1 is 1.02 bits per heavy atom. The maximum Gasteiger partial charge on any atom is 0.573 e. The van der Waals surface area contributed by atoms with Crippen LogP contribution in [-0.2, 0) is 16.1 Å². The highest BCUT2D eigenvalue weighted by atomic mass is 19.4. The largest absolute Gasteiger partial charge is 0.573 e. The molecule has 0 atom stereocenters. The number of anilines is 2. The zero-order valence-electron chi connectivity index (χ0n) is 22.8. The number of carbonyl (C=O) groups excluding carboxylic acids is 3. The van der Waals surface area contributed by atoms with Crippen LogP contribution in [0.4, 0.5) is 42.5 Å². The molecular weight excluding hydrogens is 572 g/mol. The summed E-state index contributed by atoms with van der Waals surface area (Å²) in [5, 5.41) is 0. The number of likely N-dealkylation sites (tertiary alicyclic amines) is 1. The minimum Gasteiger partial charge on any atom is -0.404 e. The maximum absolute atomic E-state index is 13.7. The third-order valence-corrected chi connectivity index (χ3v) is 7.17. The van der Waals surface area contributed by atoms with Gasteiger partial charge in [-0.15, -0.1) is 13.2 Å². The van der Waals surface area contributed by atoms with Gasteiger partial charge in [-0.3, -0.25) is 14.6 Å². The Hall–Kier alpha value is -3.88. The third kappa shape index (κ3) is 6.77. The lowest BCUT2D eigenvalue weighted by atomic mass is 10.0. The maximum atomic E-state index is 13.7. The molecule has 0 aliphatic carbocycles. The van der Waals surface area contributed by atoms with Gasteiger partial charge in [-0.1, -0.05) is 0 Å². The minimum absolute atomic E-state index is 0.0197. The summed E-state index contributed by atoms with van der Waals surface area (Å²) in [7, 11) is 0. The predicted molar refractivity (Wildman–Crippen MR) is 139 cm³/mol. The van der Waals surface area contributed by atoms with Crippen LogP contribution in [0.1, 0.15) is 38.7 Å². The zero-order chi connectivity index (χ0) is 30.9. The number of ether oxygens (including phenoxy) is 1. The van der Waals surface area contributed by atoms with Crippen LogP contribution in [0.5, 0.6) is 5.75 Å². The summed E-state index contributed by atoms with van der Waals surface area (Å²) in [6.45, 7) is 4.08. The number of benzene rings is 1. The summed E-state index contributed by atoms with van der Waals surface area (Å²) in [5.74, 6) is -4.26. The number of nitrogens with zero attached hydrogens (tertiary/aromatic N) is 5. The Balaban J connectivity index is 1.73. The predicted octanol–water partition coefficient (Wildman–Crippen LogP) is 5.11. The standard InChI is InChI=1S/C27H29F6N5O4/c1-25(2)22(39)38(24(41)37(25)17-18-8-10-34-11-9-18)19-6-7-21(42-27(31,32)33)20(16-19)36(23(40)26(28,29)30)15-5-14-35-12-3-4-13-35/h6-11,16H,3-5,12-15,17H2,1-2H3. The number of halogens is 6. The molecule has 15 heteroatoms. The molecule has 0 saturated carbocycles. The molecule has 228 valence electrons. The average Bonchev–Trinajstić information content (AvgIpc) is 3.48. The van der Waals surface area contributed by atoms with Crippen LogP contribution in [0.3, 0.4) is 0 Å². The van der Waals surface area contributed by atoms with Gasteiger partial charge in [0.05, 0.1) is 11.4 Å². The lowest BCUT2D eigenvalue weighted by molar-refractivity contribution is -0.274. The Bertz CT molecular complexity index is 1310. The molecule has 2 fully saturated rings. The van der Waals surface area contributed by atoms with E-state index in [0.717, 1.165) is 38.1 Å². The third-order valence-electron chi connectivity index (χ3n) is 7.17. The number of amides is 4. The molecule has 0 spiro atoms. The summed E-state index contributed by atoms with van der Waals surface area (Å²) in [4.78, 5) is 47.3. The Morgan fingerprint density at radius 2 is 1.67 bits per heavy atom. The van der Waals surface area contributed by atoms with Gasteiger partial charge in [0.1, 0.15) is 5.54 Å². The summed E-state index contributed by atoms with van der Waals surface area (Å²) < 4.78 is 84.8. The van der Waals surface area contributed by atoms with Crippen molar-refractivity contribution >= 4 is 29.2 Å². The van der Waals surface area contributed by atoms with Crippen LogP contribution >= 0.6 is 0 Å². The number of aromatic nitrogens is 1. The second kappa shape index (κ2) is 11.8. The van der Waals surface area contributed by atoms with E-state index in [2.05, 4.69) is 9.72 Å². The topological polar surface area (TPSA) is 86.3 Å². The van der Waals surface area contributed by atoms with Gasteiger partial charge in [0.2, 0.25) is 0 Å². The van der Waals surface area contributed by atoms with Gasteiger partial charge in [0.25, 0.3) is 5.91 Å². The number of imide groups is 1. The highest BCUT2D eigenvalue weighted by Gasteiger charge is 2.52. The van der Waals surface area contributed by atoms with E-state index in [9.17, 15) is 40.7 Å². The van der Waals surface area contributed by atoms with E-state index >= 15 is 0 Å². The number of pyridine rings is 1. The molecule has 9 nitrogen and oxygen atoms in total. The van der Waals surface area contributed by atoms with Crippen LogP contribution in [0.25, 0.3) is 0 Å². The Labute approximate surface area is 237 Å². The zero-order valence-corrected chi connectivity index (χ0v) is 22.8. The van der Waals surface area contributed by atoms with Gasteiger partial charge in [-0.05, 0) is 88.6 Å². The van der Waals surface area contributed by atoms with Crippen molar-refractivity contribution in [1.29, 1.82) is 0 Å². The molecular formula is C27H29F6N5O4. The molecule has 0 N–H and O–H groups in total. The molecule has 4 amide bonds. The second-order valence-electron chi connectivity index (χ2n) is 10.5.